The van der Waals surface area contributed by atoms with Crippen molar-refractivity contribution in [3.8, 4) is 0 Å². The molecule has 0 saturated heterocycles. The zero-order chi connectivity index (χ0) is 24.4. The van der Waals surface area contributed by atoms with E-state index in [-0.39, 0.29) is 17.7 Å². The number of nitrogens with one attached hydrogen (secondary N) is 2. The Hall–Kier alpha value is -2.85. The van der Waals surface area contributed by atoms with Crippen LogP contribution in [0.15, 0.2) is 36.4 Å². The molecular formula is C22H20F8N2O. The Labute approximate surface area is 184 Å². The zero-order valence-corrected chi connectivity index (χ0v) is 17.1. The van der Waals surface area contributed by atoms with Crippen LogP contribution in [0.1, 0.15) is 60.4 Å². The number of halogens is 8. The fraction of sp³-hybridized carbons (Fsp3) is 0.409. The van der Waals surface area contributed by atoms with E-state index in [9.17, 15) is 39.9 Å². The SMILES string of the molecule is O=C(NC1CCCCC1)N[C@@H](c1cc(F)cc(C(F)(F)F)c1)c1ccc(F)c(C(F)(F)F)c1. The maximum atomic E-state index is 14.0. The van der Waals surface area contributed by atoms with E-state index in [2.05, 4.69) is 10.6 Å². The topological polar surface area (TPSA) is 41.1 Å². The fourth-order valence-corrected chi connectivity index (χ4v) is 3.85. The maximum Gasteiger partial charge on any atom is 0.419 e. The van der Waals surface area contributed by atoms with Crippen molar-refractivity contribution < 1.29 is 39.9 Å². The third kappa shape index (κ3) is 6.35. The lowest BCUT2D eigenvalue weighted by Gasteiger charge is -2.26. The van der Waals surface area contributed by atoms with Crippen LogP contribution < -0.4 is 10.6 Å². The molecule has 0 heterocycles. The Bertz CT molecular complexity index is 997. The van der Waals surface area contributed by atoms with Gasteiger partial charge in [0.15, 0.2) is 0 Å². The van der Waals surface area contributed by atoms with Crippen molar-refractivity contribution in [3.05, 3.63) is 70.3 Å². The van der Waals surface area contributed by atoms with Crippen LogP contribution >= 0.6 is 0 Å². The first-order valence-corrected chi connectivity index (χ1v) is 10.2. The lowest BCUT2D eigenvalue weighted by Crippen LogP contribution is -2.44. The van der Waals surface area contributed by atoms with Gasteiger partial charge in [-0.25, -0.2) is 13.6 Å². The first-order valence-electron chi connectivity index (χ1n) is 10.2. The van der Waals surface area contributed by atoms with E-state index in [0.717, 1.165) is 25.3 Å². The number of alkyl halides is 6. The van der Waals surface area contributed by atoms with Gasteiger partial charge in [0.2, 0.25) is 0 Å². The summed E-state index contributed by atoms with van der Waals surface area (Å²) >= 11 is 0. The standard InChI is InChI=1S/C22H20F8N2O/c23-15-9-13(8-14(11-15)21(25,26)27)19(32-20(33)31-16-4-2-1-3-5-16)12-6-7-18(24)17(10-12)22(28,29)30/h6-11,16,19H,1-5H2,(H2,31,32,33)/t19-/m1/s1. The molecule has 1 fully saturated rings. The molecule has 0 radical (unpaired) electrons. The van der Waals surface area contributed by atoms with Gasteiger partial charge in [0.05, 0.1) is 17.2 Å². The molecule has 2 N–H and O–H groups in total. The summed E-state index contributed by atoms with van der Waals surface area (Å²) in [5.41, 5.74) is -3.84. The molecule has 2 amide bonds. The van der Waals surface area contributed by atoms with Gasteiger partial charge in [0.1, 0.15) is 11.6 Å². The Morgan fingerprint density at radius 1 is 0.848 bits per heavy atom. The van der Waals surface area contributed by atoms with Gasteiger partial charge >= 0.3 is 18.4 Å². The maximum absolute atomic E-state index is 14.0. The van der Waals surface area contributed by atoms with E-state index < -0.39 is 52.8 Å². The van der Waals surface area contributed by atoms with Crippen LogP contribution in [0.4, 0.5) is 39.9 Å². The molecule has 2 aromatic carbocycles. The lowest BCUT2D eigenvalue weighted by molar-refractivity contribution is -0.140. The zero-order valence-electron chi connectivity index (χ0n) is 17.1. The summed E-state index contributed by atoms with van der Waals surface area (Å²) in [5, 5.41) is 4.97. The Balaban J connectivity index is 2.02. The largest absolute Gasteiger partial charge is 0.419 e. The summed E-state index contributed by atoms with van der Waals surface area (Å²) in [7, 11) is 0. The number of carbonyl (C=O) groups excluding carboxylic acids is 1. The highest BCUT2D eigenvalue weighted by molar-refractivity contribution is 5.75. The molecule has 0 unspecified atom stereocenters. The van der Waals surface area contributed by atoms with E-state index in [1.165, 1.54) is 0 Å². The van der Waals surface area contributed by atoms with Gasteiger partial charge in [-0.2, -0.15) is 26.3 Å². The molecule has 1 saturated carbocycles. The van der Waals surface area contributed by atoms with Crippen LogP contribution in [0.3, 0.4) is 0 Å². The molecule has 0 aliphatic heterocycles. The summed E-state index contributed by atoms with van der Waals surface area (Å²) in [5.74, 6) is -2.88. The number of urea groups is 1. The molecule has 33 heavy (non-hydrogen) atoms. The van der Waals surface area contributed by atoms with Crippen LogP contribution in [0.2, 0.25) is 0 Å². The lowest BCUT2D eigenvalue weighted by atomic mass is 9.94. The Kier molecular flexibility index (Phi) is 7.18. The summed E-state index contributed by atoms with van der Waals surface area (Å²) in [6.45, 7) is 0. The van der Waals surface area contributed by atoms with Gasteiger partial charge in [0.25, 0.3) is 0 Å². The van der Waals surface area contributed by atoms with Crippen molar-refractivity contribution in [2.24, 2.45) is 0 Å². The Morgan fingerprint density at radius 3 is 2.12 bits per heavy atom. The van der Waals surface area contributed by atoms with Crippen LogP contribution in [0.25, 0.3) is 0 Å². The first-order chi connectivity index (χ1) is 15.3. The molecule has 2 aromatic rings. The van der Waals surface area contributed by atoms with Crippen molar-refractivity contribution in [3.63, 3.8) is 0 Å². The predicted octanol–water partition coefficient (Wildman–Crippen LogP) is 6.72. The minimum Gasteiger partial charge on any atom is -0.335 e. The molecular weight excluding hydrogens is 460 g/mol. The summed E-state index contributed by atoms with van der Waals surface area (Å²) < 4.78 is 107. The molecule has 0 bridgehead atoms. The number of hydrogen-bond donors (Lipinski definition) is 2. The average molecular weight is 480 g/mol. The third-order valence-electron chi connectivity index (χ3n) is 5.43. The molecule has 0 spiro atoms. The minimum atomic E-state index is -5.09. The van der Waals surface area contributed by atoms with E-state index in [1.807, 2.05) is 0 Å². The van der Waals surface area contributed by atoms with Crippen molar-refractivity contribution in [2.45, 2.75) is 56.5 Å². The van der Waals surface area contributed by atoms with E-state index in [4.69, 9.17) is 0 Å². The summed E-state index contributed by atoms with van der Waals surface area (Å²) in [6, 6.07) is 0.562. The van der Waals surface area contributed by atoms with Gasteiger partial charge in [-0.1, -0.05) is 25.3 Å². The number of hydrogen-bond acceptors (Lipinski definition) is 1. The second-order valence-corrected chi connectivity index (χ2v) is 7.89. The summed E-state index contributed by atoms with van der Waals surface area (Å²) in [4.78, 5) is 12.5. The van der Waals surface area contributed by atoms with E-state index in [0.29, 0.717) is 37.1 Å². The van der Waals surface area contributed by atoms with Gasteiger partial charge < -0.3 is 10.6 Å². The highest BCUT2D eigenvalue weighted by Crippen LogP contribution is 2.36. The number of amides is 2. The van der Waals surface area contributed by atoms with Crippen LogP contribution in [0, 0.1) is 11.6 Å². The molecule has 0 aromatic heterocycles. The average Bonchev–Trinajstić information content (AvgIpc) is 2.71. The van der Waals surface area contributed by atoms with E-state index >= 15 is 0 Å². The third-order valence-corrected chi connectivity index (χ3v) is 5.43. The minimum absolute atomic E-state index is 0.211. The highest BCUT2D eigenvalue weighted by atomic mass is 19.4. The van der Waals surface area contributed by atoms with Crippen LogP contribution in [0.5, 0.6) is 0 Å². The Morgan fingerprint density at radius 2 is 1.52 bits per heavy atom. The first kappa shape index (κ1) is 24.8. The number of rotatable bonds is 4. The van der Waals surface area contributed by atoms with Gasteiger partial charge in [-0.3, -0.25) is 0 Å². The normalized spacial score (nSPS) is 16.4. The van der Waals surface area contributed by atoms with Gasteiger partial charge in [-0.15, -0.1) is 0 Å². The quantitative estimate of drug-likeness (QED) is 0.469. The number of carbonyl (C=O) groups is 1. The second-order valence-electron chi connectivity index (χ2n) is 7.89. The fourth-order valence-electron chi connectivity index (χ4n) is 3.85. The molecule has 1 aliphatic carbocycles. The van der Waals surface area contributed by atoms with Gasteiger partial charge in [-0.05, 0) is 54.3 Å². The smallest absolute Gasteiger partial charge is 0.335 e. The van der Waals surface area contributed by atoms with Crippen molar-refractivity contribution in [1.29, 1.82) is 0 Å². The van der Waals surface area contributed by atoms with Crippen molar-refractivity contribution in [2.75, 3.05) is 0 Å². The van der Waals surface area contributed by atoms with E-state index in [1.54, 1.807) is 0 Å². The summed E-state index contributed by atoms with van der Waals surface area (Å²) in [6.07, 6.45) is -5.97. The monoisotopic (exact) mass is 480 g/mol. The van der Waals surface area contributed by atoms with Crippen LogP contribution in [-0.4, -0.2) is 12.1 Å². The molecule has 1 atom stereocenters. The van der Waals surface area contributed by atoms with Crippen molar-refractivity contribution in [1.82, 2.24) is 10.6 Å². The number of benzene rings is 2. The molecule has 180 valence electrons. The van der Waals surface area contributed by atoms with Gasteiger partial charge in [0, 0.05) is 6.04 Å². The van der Waals surface area contributed by atoms with Crippen LogP contribution in [-0.2, 0) is 12.4 Å². The predicted molar refractivity (Wildman–Crippen MR) is 103 cm³/mol. The second kappa shape index (κ2) is 9.56. The molecule has 1 aliphatic rings. The molecule has 3 rings (SSSR count). The van der Waals surface area contributed by atoms with Crippen molar-refractivity contribution >= 4 is 6.03 Å². The highest BCUT2D eigenvalue weighted by Gasteiger charge is 2.36. The molecule has 3 nitrogen and oxygen atoms in total. The molecule has 11 heteroatoms.